The van der Waals surface area contributed by atoms with Gasteiger partial charge in [-0.1, -0.05) is 0 Å². The van der Waals surface area contributed by atoms with Crippen LogP contribution in [0.4, 0.5) is 0 Å². The standard InChI is InChI=1S/C11H15N3O2S2/c1-7-4-5-17-10(7)6-12-18(15,16)11-8(2)13-14-9(11)3/h4-5,12H,6H2,1-3H3,(H,13,14). The SMILES string of the molecule is Cc1ccsc1CNS(=O)(=O)c1c(C)n[nH]c1C. The minimum absolute atomic E-state index is 0.247. The highest BCUT2D eigenvalue weighted by Crippen LogP contribution is 2.19. The fourth-order valence-electron chi connectivity index (χ4n) is 1.75. The maximum Gasteiger partial charge on any atom is 0.244 e. The molecule has 0 fully saturated rings. The highest BCUT2D eigenvalue weighted by molar-refractivity contribution is 7.89. The fourth-order valence-corrected chi connectivity index (χ4v) is 4.05. The van der Waals surface area contributed by atoms with E-state index in [-0.39, 0.29) is 4.90 Å². The van der Waals surface area contributed by atoms with Gasteiger partial charge in [-0.2, -0.15) is 5.10 Å². The molecule has 2 heterocycles. The first kappa shape index (κ1) is 13.3. The van der Waals surface area contributed by atoms with Crippen molar-refractivity contribution in [2.45, 2.75) is 32.2 Å². The summed E-state index contributed by atoms with van der Waals surface area (Å²) in [6, 6.07) is 1.97. The minimum Gasteiger partial charge on any atom is -0.281 e. The second kappa shape index (κ2) is 4.83. The summed E-state index contributed by atoms with van der Waals surface area (Å²) in [5.41, 5.74) is 2.15. The molecule has 0 radical (unpaired) electrons. The summed E-state index contributed by atoms with van der Waals surface area (Å²) < 4.78 is 27.0. The number of nitrogens with zero attached hydrogens (tertiary/aromatic N) is 1. The van der Waals surface area contributed by atoms with Gasteiger partial charge in [-0.3, -0.25) is 5.10 Å². The van der Waals surface area contributed by atoms with E-state index in [4.69, 9.17) is 0 Å². The molecule has 0 spiro atoms. The Hall–Kier alpha value is -1.18. The Morgan fingerprint density at radius 1 is 1.39 bits per heavy atom. The van der Waals surface area contributed by atoms with E-state index in [1.807, 2.05) is 18.4 Å². The van der Waals surface area contributed by atoms with Gasteiger partial charge >= 0.3 is 0 Å². The first-order valence-corrected chi connectivity index (χ1v) is 7.82. The van der Waals surface area contributed by atoms with Gasteiger partial charge in [0.15, 0.2) is 0 Å². The van der Waals surface area contributed by atoms with Crippen molar-refractivity contribution in [2.75, 3.05) is 0 Å². The number of hydrogen-bond donors (Lipinski definition) is 2. The molecule has 0 unspecified atom stereocenters. The van der Waals surface area contributed by atoms with Crippen LogP contribution >= 0.6 is 11.3 Å². The van der Waals surface area contributed by atoms with Crippen LogP contribution in [0, 0.1) is 20.8 Å². The van der Waals surface area contributed by atoms with Crippen LogP contribution in [0.15, 0.2) is 16.3 Å². The highest BCUT2D eigenvalue weighted by Gasteiger charge is 2.22. The third-order valence-corrected chi connectivity index (χ3v) is 5.41. The Labute approximate surface area is 110 Å². The molecule has 0 amide bonds. The molecule has 0 aromatic carbocycles. The lowest BCUT2D eigenvalue weighted by Crippen LogP contribution is -2.24. The molecule has 7 heteroatoms. The average Bonchev–Trinajstić information content (AvgIpc) is 2.83. The van der Waals surface area contributed by atoms with Crippen molar-refractivity contribution in [2.24, 2.45) is 0 Å². The van der Waals surface area contributed by atoms with E-state index in [0.717, 1.165) is 10.4 Å². The Morgan fingerprint density at radius 3 is 2.61 bits per heavy atom. The number of H-pyrrole nitrogens is 1. The molecule has 0 aliphatic rings. The van der Waals surface area contributed by atoms with Crippen LogP contribution in [0.2, 0.25) is 0 Å². The summed E-state index contributed by atoms with van der Waals surface area (Å²) in [4.78, 5) is 1.27. The maximum atomic E-state index is 12.2. The van der Waals surface area contributed by atoms with Gasteiger partial charge in [-0.05, 0) is 37.8 Å². The molecule has 2 rings (SSSR count). The number of aryl methyl sites for hydroxylation is 3. The third-order valence-electron chi connectivity index (χ3n) is 2.72. The zero-order chi connectivity index (χ0) is 13.3. The number of thiophene rings is 1. The number of aromatic nitrogens is 2. The van der Waals surface area contributed by atoms with E-state index < -0.39 is 10.0 Å². The Bertz CT molecular complexity index is 636. The van der Waals surface area contributed by atoms with Crippen molar-refractivity contribution >= 4 is 21.4 Å². The second-order valence-electron chi connectivity index (χ2n) is 4.11. The van der Waals surface area contributed by atoms with Gasteiger partial charge in [0.2, 0.25) is 10.0 Å². The van der Waals surface area contributed by atoms with Gasteiger partial charge in [0.25, 0.3) is 0 Å². The molecule has 2 N–H and O–H groups in total. The van der Waals surface area contributed by atoms with Crippen LogP contribution in [0.25, 0.3) is 0 Å². The lowest BCUT2D eigenvalue weighted by atomic mass is 10.3. The molecule has 0 aliphatic heterocycles. The van der Waals surface area contributed by atoms with E-state index >= 15 is 0 Å². The molecule has 0 saturated carbocycles. The van der Waals surface area contributed by atoms with Gasteiger partial charge < -0.3 is 0 Å². The monoisotopic (exact) mass is 285 g/mol. The van der Waals surface area contributed by atoms with Gasteiger partial charge in [-0.25, -0.2) is 13.1 Å². The van der Waals surface area contributed by atoms with Crippen LogP contribution in [-0.4, -0.2) is 18.6 Å². The van der Waals surface area contributed by atoms with E-state index in [0.29, 0.717) is 17.9 Å². The molecule has 0 bridgehead atoms. The van der Waals surface area contributed by atoms with Gasteiger partial charge in [0, 0.05) is 11.4 Å². The summed E-state index contributed by atoms with van der Waals surface area (Å²) in [7, 11) is -3.51. The Kier molecular flexibility index (Phi) is 3.56. The topological polar surface area (TPSA) is 74.8 Å². The Morgan fingerprint density at radius 2 is 2.11 bits per heavy atom. The average molecular weight is 285 g/mol. The molecule has 0 atom stereocenters. The van der Waals surface area contributed by atoms with Crippen LogP contribution in [0.1, 0.15) is 21.8 Å². The van der Waals surface area contributed by atoms with E-state index in [1.54, 1.807) is 25.2 Å². The van der Waals surface area contributed by atoms with E-state index in [1.165, 1.54) is 0 Å². The molecule has 0 aliphatic carbocycles. The van der Waals surface area contributed by atoms with E-state index in [2.05, 4.69) is 14.9 Å². The lowest BCUT2D eigenvalue weighted by Gasteiger charge is -2.06. The maximum absolute atomic E-state index is 12.2. The third kappa shape index (κ3) is 2.47. The zero-order valence-electron chi connectivity index (χ0n) is 10.4. The number of aromatic amines is 1. The normalized spacial score (nSPS) is 11.9. The van der Waals surface area contributed by atoms with Crippen molar-refractivity contribution < 1.29 is 8.42 Å². The zero-order valence-corrected chi connectivity index (χ0v) is 12.1. The second-order valence-corrected chi connectivity index (χ2v) is 6.82. The predicted molar refractivity (Wildman–Crippen MR) is 71.1 cm³/mol. The molecule has 2 aromatic rings. The fraction of sp³-hybridized carbons (Fsp3) is 0.364. The molecular weight excluding hydrogens is 270 g/mol. The number of hydrogen-bond acceptors (Lipinski definition) is 4. The van der Waals surface area contributed by atoms with Crippen molar-refractivity contribution in [3.05, 3.63) is 33.3 Å². The highest BCUT2D eigenvalue weighted by atomic mass is 32.2. The van der Waals surface area contributed by atoms with Crippen molar-refractivity contribution in [1.82, 2.24) is 14.9 Å². The van der Waals surface area contributed by atoms with E-state index in [9.17, 15) is 8.42 Å². The van der Waals surface area contributed by atoms with Crippen molar-refractivity contribution in [3.63, 3.8) is 0 Å². The largest absolute Gasteiger partial charge is 0.281 e. The van der Waals surface area contributed by atoms with Crippen molar-refractivity contribution in [3.8, 4) is 0 Å². The first-order chi connectivity index (χ1) is 8.42. The number of rotatable bonds is 4. The summed E-state index contributed by atoms with van der Waals surface area (Å²) in [6.45, 7) is 5.66. The first-order valence-electron chi connectivity index (χ1n) is 5.46. The van der Waals surface area contributed by atoms with Crippen LogP contribution in [0.5, 0.6) is 0 Å². The summed E-state index contributed by atoms with van der Waals surface area (Å²) >= 11 is 1.55. The summed E-state index contributed by atoms with van der Waals surface area (Å²) in [5, 5.41) is 8.54. The number of nitrogens with one attached hydrogen (secondary N) is 2. The van der Waals surface area contributed by atoms with Gasteiger partial charge in [0.1, 0.15) is 4.90 Å². The molecular formula is C11H15N3O2S2. The Balaban J connectivity index is 2.21. The van der Waals surface area contributed by atoms with Crippen LogP contribution in [-0.2, 0) is 16.6 Å². The quantitative estimate of drug-likeness (QED) is 0.900. The van der Waals surface area contributed by atoms with Gasteiger partial charge in [0.05, 0.1) is 11.4 Å². The molecule has 5 nitrogen and oxygen atoms in total. The molecule has 2 aromatic heterocycles. The van der Waals surface area contributed by atoms with Crippen molar-refractivity contribution in [1.29, 1.82) is 0 Å². The molecule has 18 heavy (non-hydrogen) atoms. The minimum atomic E-state index is -3.51. The summed E-state index contributed by atoms with van der Waals surface area (Å²) in [5.74, 6) is 0. The van der Waals surface area contributed by atoms with Gasteiger partial charge in [-0.15, -0.1) is 11.3 Å². The lowest BCUT2D eigenvalue weighted by molar-refractivity contribution is 0.580. The van der Waals surface area contributed by atoms with Crippen LogP contribution in [0.3, 0.4) is 0 Å². The smallest absolute Gasteiger partial charge is 0.244 e. The molecule has 0 saturated heterocycles. The summed E-state index contributed by atoms with van der Waals surface area (Å²) in [6.07, 6.45) is 0. The van der Waals surface area contributed by atoms with Crippen LogP contribution < -0.4 is 4.72 Å². The predicted octanol–water partition coefficient (Wildman–Crippen LogP) is 1.87. The number of sulfonamides is 1. The molecule has 98 valence electrons.